The van der Waals surface area contributed by atoms with Gasteiger partial charge in [0, 0.05) is 43.1 Å². The third-order valence-electron chi connectivity index (χ3n) is 6.51. The van der Waals surface area contributed by atoms with Crippen molar-refractivity contribution in [2.24, 2.45) is 10.7 Å². The molecule has 3 aromatic heterocycles. The number of hydrogen-bond donors (Lipinski definition) is 6. The number of nitrogens with zero attached hydrogens (tertiary/aromatic N) is 5. The predicted molar refractivity (Wildman–Crippen MR) is 174 cm³/mol. The number of carbonyl (C=O) groups excluding carboxylic acids is 1. The summed E-state index contributed by atoms with van der Waals surface area (Å²) in [6, 6.07) is 6.12. The second kappa shape index (κ2) is 16.0. The molecule has 0 bridgehead atoms. The van der Waals surface area contributed by atoms with Crippen molar-refractivity contribution in [1.29, 1.82) is 0 Å². The van der Waals surface area contributed by atoms with Crippen molar-refractivity contribution in [2.45, 2.75) is 26.7 Å². The Morgan fingerprint density at radius 3 is 2.58 bits per heavy atom. The van der Waals surface area contributed by atoms with Gasteiger partial charge in [0.25, 0.3) is 11.5 Å². The van der Waals surface area contributed by atoms with Crippen molar-refractivity contribution >= 4 is 51.9 Å². The molecule has 0 saturated carbocycles. The standard InChI is InChI=1S/C19H23N7.C6H11NO.C4H4ClN3O/c1-11-9-24-19(25-16(20)8-12(2)21-3)26-17(11)14-10-23-18-13(14)6-5-7-15(18)22-4;8-6-5-7-3-1-2-4-7;5-4-7-1-2(6)3(9)8-4/h5-10,21-23H,1-4H3,(H2,20,24,25,26);6H,1-5H2;1H,6H2,(H,7,8,9)/b12-8-;;. The lowest BCUT2D eigenvalue weighted by molar-refractivity contribution is -0.108. The zero-order valence-electron chi connectivity index (χ0n) is 24.7. The van der Waals surface area contributed by atoms with E-state index in [1.54, 1.807) is 12.3 Å². The number of amidine groups is 1. The third kappa shape index (κ3) is 9.38. The van der Waals surface area contributed by atoms with E-state index in [4.69, 9.17) is 23.1 Å². The van der Waals surface area contributed by atoms with E-state index in [1.807, 2.05) is 46.3 Å². The molecule has 5 rings (SSSR count). The number of para-hydroxylation sites is 1. The highest BCUT2D eigenvalue weighted by Crippen LogP contribution is 2.33. The van der Waals surface area contributed by atoms with Gasteiger partial charge >= 0.3 is 0 Å². The van der Waals surface area contributed by atoms with Crippen LogP contribution in [0.1, 0.15) is 25.3 Å². The summed E-state index contributed by atoms with van der Waals surface area (Å²) in [5, 5.41) is 7.34. The van der Waals surface area contributed by atoms with Gasteiger partial charge in [0.1, 0.15) is 17.8 Å². The summed E-state index contributed by atoms with van der Waals surface area (Å²) < 4.78 is 0. The third-order valence-corrected chi connectivity index (χ3v) is 6.71. The first-order valence-electron chi connectivity index (χ1n) is 13.6. The monoisotopic (exact) mass is 607 g/mol. The molecule has 1 aromatic carbocycles. The molecule has 1 fully saturated rings. The van der Waals surface area contributed by atoms with Crippen LogP contribution in [0.4, 0.5) is 17.3 Å². The molecule has 0 spiro atoms. The molecule has 0 aliphatic carbocycles. The largest absolute Gasteiger partial charge is 0.393 e. The van der Waals surface area contributed by atoms with Crippen molar-refractivity contribution in [2.75, 3.05) is 44.8 Å². The SMILES string of the molecule is CN/C(C)=C\C(N)=N/c1ncc(C)c(-c2c[nH]c3c(NC)cccc23)n1.Nc1cnc(Cl)[nH]c1=O.O=CCN1CCCC1. The fraction of sp³-hybridized carbons (Fsp3) is 0.310. The number of aryl methyl sites for hydroxylation is 1. The van der Waals surface area contributed by atoms with Crippen molar-refractivity contribution in [3.05, 3.63) is 69.8 Å². The highest BCUT2D eigenvalue weighted by atomic mass is 35.5. The van der Waals surface area contributed by atoms with E-state index in [0.717, 1.165) is 58.5 Å². The summed E-state index contributed by atoms with van der Waals surface area (Å²) in [4.78, 5) is 44.9. The zero-order chi connectivity index (χ0) is 31.4. The van der Waals surface area contributed by atoms with Crippen molar-refractivity contribution in [3.63, 3.8) is 0 Å². The number of nitrogen functional groups attached to an aromatic ring is 1. The molecule has 4 aromatic rings. The minimum atomic E-state index is -0.407. The van der Waals surface area contributed by atoms with Crippen LogP contribution >= 0.6 is 11.6 Å². The first kappa shape index (κ1) is 32.8. The predicted octanol–water partition coefficient (Wildman–Crippen LogP) is 3.37. The van der Waals surface area contributed by atoms with Crippen LogP contribution in [0.5, 0.6) is 0 Å². The quantitative estimate of drug-likeness (QED) is 0.0784. The summed E-state index contributed by atoms with van der Waals surface area (Å²) in [6.45, 7) is 6.78. The normalized spacial score (nSPS) is 13.5. The number of nitrogens with two attached hydrogens (primary N) is 2. The van der Waals surface area contributed by atoms with E-state index in [1.165, 1.54) is 19.0 Å². The smallest absolute Gasteiger partial charge is 0.274 e. The van der Waals surface area contributed by atoms with E-state index in [0.29, 0.717) is 18.3 Å². The number of nitrogens with one attached hydrogen (secondary N) is 4. The maximum absolute atomic E-state index is 10.5. The van der Waals surface area contributed by atoms with Crippen LogP contribution in [0.3, 0.4) is 0 Å². The van der Waals surface area contributed by atoms with Crippen molar-refractivity contribution < 1.29 is 4.79 Å². The average molecular weight is 608 g/mol. The van der Waals surface area contributed by atoms with Gasteiger partial charge in [0.05, 0.1) is 29.6 Å². The fourth-order valence-electron chi connectivity index (χ4n) is 4.21. The van der Waals surface area contributed by atoms with Gasteiger partial charge in [-0.1, -0.05) is 12.1 Å². The van der Waals surface area contributed by atoms with Gasteiger partial charge < -0.3 is 31.9 Å². The lowest BCUT2D eigenvalue weighted by atomic mass is 10.1. The lowest BCUT2D eigenvalue weighted by Crippen LogP contribution is -2.20. The minimum Gasteiger partial charge on any atom is -0.393 e. The highest BCUT2D eigenvalue weighted by Gasteiger charge is 2.13. The van der Waals surface area contributed by atoms with Gasteiger partial charge in [0.15, 0.2) is 0 Å². The Labute approximate surface area is 254 Å². The Morgan fingerprint density at radius 2 is 1.95 bits per heavy atom. The van der Waals surface area contributed by atoms with E-state index in [9.17, 15) is 9.59 Å². The van der Waals surface area contributed by atoms with E-state index in [2.05, 4.69) is 51.5 Å². The van der Waals surface area contributed by atoms with Crippen molar-refractivity contribution in [3.8, 4) is 11.3 Å². The molecular formula is C29H38ClN11O2. The molecule has 0 amide bonds. The molecule has 228 valence electrons. The number of anilines is 2. The number of aldehydes is 1. The van der Waals surface area contributed by atoms with Gasteiger partial charge in [-0.15, -0.1) is 0 Å². The number of hydrogen-bond acceptors (Lipinski definition) is 10. The molecule has 0 unspecified atom stereocenters. The second-order valence-corrected chi connectivity index (χ2v) is 9.99. The lowest BCUT2D eigenvalue weighted by Gasteiger charge is -2.07. The number of carbonyl (C=O) groups is 1. The zero-order valence-corrected chi connectivity index (χ0v) is 25.5. The Hall–Kier alpha value is -4.75. The first-order valence-corrected chi connectivity index (χ1v) is 14.0. The van der Waals surface area contributed by atoms with Crippen LogP contribution in [0.2, 0.25) is 5.28 Å². The molecule has 14 heteroatoms. The highest BCUT2D eigenvalue weighted by molar-refractivity contribution is 6.28. The molecule has 1 saturated heterocycles. The number of halogens is 1. The summed E-state index contributed by atoms with van der Waals surface area (Å²) in [7, 11) is 3.73. The van der Waals surface area contributed by atoms with Gasteiger partial charge in [0.2, 0.25) is 5.28 Å². The van der Waals surface area contributed by atoms with Crippen LogP contribution in [-0.2, 0) is 4.79 Å². The number of aliphatic imine (C=N–C) groups is 1. The molecule has 1 aliphatic rings. The maximum atomic E-state index is 10.5. The van der Waals surface area contributed by atoms with Crippen molar-refractivity contribution in [1.82, 2.24) is 35.1 Å². The van der Waals surface area contributed by atoms with E-state index in [-0.39, 0.29) is 11.0 Å². The minimum absolute atomic E-state index is 0.0502. The van der Waals surface area contributed by atoms with Crippen LogP contribution in [0.25, 0.3) is 22.2 Å². The number of fused-ring (bicyclic) bond motifs is 1. The van der Waals surface area contributed by atoms with Crippen LogP contribution < -0.4 is 27.7 Å². The van der Waals surface area contributed by atoms with Gasteiger partial charge in [-0.2, -0.15) is 4.99 Å². The van der Waals surface area contributed by atoms with E-state index < -0.39 is 5.56 Å². The second-order valence-electron chi connectivity index (χ2n) is 9.63. The number of aromatic amines is 2. The molecule has 8 N–H and O–H groups in total. The number of aromatic nitrogens is 5. The maximum Gasteiger partial charge on any atom is 0.274 e. The molecular weight excluding hydrogens is 570 g/mol. The fourth-order valence-corrected chi connectivity index (χ4v) is 4.35. The molecule has 43 heavy (non-hydrogen) atoms. The summed E-state index contributed by atoms with van der Waals surface area (Å²) >= 11 is 5.29. The number of benzene rings is 1. The average Bonchev–Trinajstić information content (AvgIpc) is 3.67. The number of likely N-dealkylation sites (tertiary alicyclic amines) is 1. The molecule has 0 atom stereocenters. The van der Waals surface area contributed by atoms with Crippen LogP contribution in [-0.4, -0.2) is 75.7 Å². The number of allylic oxidation sites excluding steroid dienone is 1. The number of H-pyrrole nitrogens is 2. The Bertz CT molecular complexity index is 1640. The van der Waals surface area contributed by atoms with Gasteiger partial charge in [-0.3, -0.25) is 14.7 Å². The molecule has 13 nitrogen and oxygen atoms in total. The van der Waals surface area contributed by atoms with Crippen LogP contribution in [0.15, 0.2) is 58.3 Å². The topological polar surface area (TPSA) is 196 Å². The molecule has 0 radical (unpaired) electrons. The Kier molecular flexibility index (Phi) is 12.2. The summed E-state index contributed by atoms with van der Waals surface area (Å²) in [6.07, 6.45) is 10.2. The molecule has 1 aliphatic heterocycles. The van der Waals surface area contributed by atoms with Gasteiger partial charge in [-0.25, -0.2) is 15.0 Å². The molecule has 4 heterocycles. The Morgan fingerprint density at radius 1 is 1.21 bits per heavy atom. The van der Waals surface area contributed by atoms with Crippen LogP contribution in [0, 0.1) is 6.92 Å². The van der Waals surface area contributed by atoms with Gasteiger partial charge in [-0.05, 0) is 69.1 Å². The summed E-state index contributed by atoms with van der Waals surface area (Å²) in [5.74, 6) is 0.686. The summed E-state index contributed by atoms with van der Waals surface area (Å²) in [5.41, 5.74) is 16.5. The number of rotatable bonds is 7. The van der Waals surface area contributed by atoms with E-state index >= 15 is 0 Å². The Balaban J connectivity index is 0.000000241. The first-order chi connectivity index (χ1) is 20.7.